The molecule has 0 bridgehead atoms. The average molecular weight is 270 g/mol. The minimum absolute atomic E-state index is 0.719. The molecule has 0 spiro atoms. The van der Waals surface area contributed by atoms with E-state index in [2.05, 4.69) is 26.0 Å². The fourth-order valence-electron chi connectivity index (χ4n) is 2.06. The summed E-state index contributed by atoms with van der Waals surface area (Å²) in [4.78, 5) is 0. The van der Waals surface area contributed by atoms with Gasteiger partial charge in [0.2, 0.25) is 0 Å². The normalized spacial score (nSPS) is 10.3. The van der Waals surface area contributed by atoms with Crippen LogP contribution < -0.4 is 9.47 Å². The van der Waals surface area contributed by atoms with Gasteiger partial charge in [-0.05, 0) is 30.5 Å². The van der Waals surface area contributed by atoms with Gasteiger partial charge in [0.1, 0.15) is 11.5 Å². The zero-order valence-corrected chi connectivity index (χ0v) is 12.3. The molecule has 0 N–H and O–H groups in total. The highest BCUT2D eigenvalue weighted by molar-refractivity contribution is 5.76. The van der Waals surface area contributed by atoms with Crippen LogP contribution in [0.2, 0.25) is 0 Å². The molecule has 0 aromatic heterocycles. The third-order valence-electron chi connectivity index (χ3n) is 2.97. The second kappa shape index (κ2) is 7.59. The van der Waals surface area contributed by atoms with Gasteiger partial charge >= 0.3 is 0 Å². The van der Waals surface area contributed by atoms with Crippen LogP contribution in [0, 0.1) is 0 Å². The van der Waals surface area contributed by atoms with Crippen LogP contribution in [0.1, 0.15) is 26.7 Å². The van der Waals surface area contributed by atoms with E-state index in [9.17, 15) is 0 Å². The van der Waals surface area contributed by atoms with Crippen molar-refractivity contribution in [2.24, 2.45) is 0 Å². The van der Waals surface area contributed by atoms with Crippen molar-refractivity contribution < 1.29 is 9.47 Å². The topological polar surface area (TPSA) is 18.5 Å². The first-order valence-corrected chi connectivity index (χ1v) is 7.30. The zero-order chi connectivity index (χ0) is 14.2. The van der Waals surface area contributed by atoms with Gasteiger partial charge in [-0.1, -0.05) is 50.2 Å². The second-order valence-corrected chi connectivity index (χ2v) is 4.69. The quantitative estimate of drug-likeness (QED) is 0.710. The van der Waals surface area contributed by atoms with E-state index in [1.54, 1.807) is 0 Å². The molecule has 0 radical (unpaired) electrons. The molecule has 20 heavy (non-hydrogen) atoms. The van der Waals surface area contributed by atoms with Gasteiger partial charge in [-0.25, -0.2) is 0 Å². The Balaban J connectivity index is 2.41. The lowest BCUT2D eigenvalue weighted by Crippen LogP contribution is -2.01. The van der Waals surface area contributed by atoms with Crippen molar-refractivity contribution >= 4 is 0 Å². The fourth-order valence-corrected chi connectivity index (χ4v) is 2.06. The standard InChI is InChI=1S/C18H22O2/c1-3-13-19-16-11-8-12-17(20-14-4-2)18(16)15-9-6-5-7-10-15/h5-12H,3-4,13-14H2,1-2H3. The van der Waals surface area contributed by atoms with Gasteiger partial charge in [-0.3, -0.25) is 0 Å². The molecule has 2 aromatic carbocycles. The molecule has 2 heteroatoms. The van der Waals surface area contributed by atoms with E-state index < -0.39 is 0 Å². The first-order chi connectivity index (χ1) is 9.86. The Labute approximate surface area is 121 Å². The van der Waals surface area contributed by atoms with E-state index in [0.29, 0.717) is 0 Å². The lowest BCUT2D eigenvalue weighted by atomic mass is 10.0. The summed E-state index contributed by atoms with van der Waals surface area (Å²) in [5, 5.41) is 0. The first kappa shape index (κ1) is 14.4. The number of hydrogen-bond acceptors (Lipinski definition) is 2. The van der Waals surface area contributed by atoms with Crippen LogP contribution in [0.3, 0.4) is 0 Å². The number of hydrogen-bond donors (Lipinski definition) is 0. The highest BCUT2D eigenvalue weighted by Gasteiger charge is 2.12. The first-order valence-electron chi connectivity index (χ1n) is 7.30. The van der Waals surface area contributed by atoms with Crippen LogP contribution in [-0.4, -0.2) is 13.2 Å². The van der Waals surface area contributed by atoms with Crippen molar-refractivity contribution in [2.45, 2.75) is 26.7 Å². The van der Waals surface area contributed by atoms with Crippen LogP contribution in [0.25, 0.3) is 11.1 Å². The Morgan fingerprint density at radius 3 is 1.75 bits per heavy atom. The zero-order valence-electron chi connectivity index (χ0n) is 12.3. The van der Waals surface area contributed by atoms with Crippen molar-refractivity contribution in [1.82, 2.24) is 0 Å². The van der Waals surface area contributed by atoms with Crippen molar-refractivity contribution in [2.75, 3.05) is 13.2 Å². The predicted molar refractivity (Wildman–Crippen MR) is 83.5 cm³/mol. The van der Waals surface area contributed by atoms with Crippen LogP contribution in [0.4, 0.5) is 0 Å². The molecular formula is C18H22O2. The van der Waals surface area contributed by atoms with E-state index in [-0.39, 0.29) is 0 Å². The lowest BCUT2D eigenvalue weighted by molar-refractivity contribution is 0.304. The Hall–Kier alpha value is -1.96. The minimum atomic E-state index is 0.719. The van der Waals surface area contributed by atoms with Crippen molar-refractivity contribution in [3.05, 3.63) is 48.5 Å². The molecule has 0 fully saturated rings. The van der Waals surface area contributed by atoms with E-state index in [4.69, 9.17) is 9.47 Å². The average Bonchev–Trinajstić information content (AvgIpc) is 2.51. The summed E-state index contributed by atoms with van der Waals surface area (Å²) in [6.45, 7) is 5.66. The van der Waals surface area contributed by atoms with Crippen molar-refractivity contribution in [3.8, 4) is 22.6 Å². The van der Waals surface area contributed by atoms with Gasteiger partial charge in [-0.15, -0.1) is 0 Å². The van der Waals surface area contributed by atoms with Crippen LogP contribution in [-0.2, 0) is 0 Å². The monoisotopic (exact) mass is 270 g/mol. The summed E-state index contributed by atoms with van der Waals surface area (Å²) in [5.74, 6) is 1.79. The molecule has 2 nitrogen and oxygen atoms in total. The number of ether oxygens (including phenoxy) is 2. The van der Waals surface area contributed by atoms with Crippen LogP contribution >= 0.6 is 0 Å². The molecule has 0 amide bonds. The molecule has 0 aliphatic heterocycles. The fraction of sp³-hybridized carbons (Fsp3) is 0.333. The third kappa shape index (κ3) is 3.53. The number of benzene rings is 2. The summed E-state index contributed by atoms with van der Waals surface area (Å²) in [6.07, 6.45) is 1.99. The smallest absolute Gasteiger partial charge is 0.130 e. The summed E-state index contributed by atoms with van der Waals surface area (Å²) < 4.78 is 11.8. The lowest BCUT2D eigenvalue weighted by Gasteiger charge is -2.16. The highest BCUT2D eigenvalue weighted by atomic mass is 16.5. The van der Waals surface area contributed by atoms with Crippen LogP contribution in [0.5, 0.6) is 11.5 Å². The molecule has 2 aromatic rings. The predicted octanol–water partition coefficient (Wildman–Crippen LogP) is 4.93. The Kier molecular flexibility index (Phi) is 5.48. The maximum Gasteiger partial charge on any atom is 0.130 e. The Bertz CT molecular complexity index is 494. The van der Waals surface area contributed by atoms with Crippen LogP contribution in [0.15, 0.2) is 48.5 Å². The van der Waals surface area contributed by atoms with E-state index in [1.807, 2.05) is 36.4 Å². The summed E-state index contributed by atoms with van der Waals surface area (Å²) in [6, 6.07) is 16.3. The third-order valence-corrected chi connectivity index (χ3v) is 2.97. The molecule has 0 heterocycles. The number of rotatable bonds is 7. The van der Waals surface area contributed by atoms with Crippen molar-refractivity contribution in [3.63, 3.8) is 0 Å². The molecule has 0 aliphatic rings. The molecule has 0 atom stereocenters. The highest BCUT2D eigenvalue weighted by Crippen LogP contribution is 2.38. The van der Waals surface area contributed by atoms with Gasteiger partial charge in [0, 0.05) is 0 Å². The van der Waals surface area contributed by atoms with Gasteiger partial charge in [0.15, 0.2) is 0 Å². The Morgan fingerprint density at radius 1 is 0.700 bits per heavy atom. The maximum absolute atomic E-state index is 5.88. The molecule has 2 rings (SSSR count). The van der Waals surface area contributed by atoms with Gasteiger partial charge < -0.3 is 9.47 Å². The van der Waals surface area contributed by atoms with Gasteiger partial charge in [0.05, 0.1) is 18.8 Å². The summed E-state index contributed by atoms with van der Waals surface area (Å²) >= 11 is 0. The summed E-state index contributed by atoms with van der Waals surface area (Å²) in [7, 11) is 0. The van der Waals surface area contributed by atoms with E-state index in [0.717, 1.165) is 48.7 Å². The molecule has 0 aliphatic carbocycles. The molecule has 0 saturated heterocycles. The Morgan fingerprint density at radius 2 is 1.25 bits per heavy atom. The molecule has 106 valence electrons. The van der Waals surface area contributed by atoms with Gasteiger partial charge in [0.25, 0.3) is 0 Å². The van der Waals surface area contributed by atoms with E-state index in [1.165, 1.54) is 0 Å². The summed E-state index contributed by atoms with van der Waals surface area (Å²) in [5.41, 5.74) is 2.18. The SMILES string of the molecule is CCCOc1cccc(OCCC)c1-c1ccccc1. The maximum atomic E-state index is 5.88. The molecule has 0 saturated carbocycles. The van der Waals surface area contributed by atoms with Gasteiger partial charge in [-0.2, -0.15) is 0 Å². The minimum Gasteiger partial charge on any atom is -0.493 e. The molecule has 0 unspecified atom stereocenters. The molecular weight excluding hydrogens is 248 g/mol. The second-order valence-electron chi connectivity index (χ2n) is 4.69. The van der Waals surface area contributed by atoms with Crippen molar-refractivity contribution in [1.29, 1.82) is 0 Å². The van der Waals surface area contributed by atoms with E-state index >= 15 is 0 Å². The largest absolute Gasteiger partial charge is 0.493 e.